The minimum absolute atomic E-state index is 0.296. The Hall–Kier alpha value is -0.860. The molecule has 0 saturated heterocycles. The SMILES string of the molecule is COCC(NC1CCCCC1C(C)(C)C)c1ccccc1. The number of hydrogen-bond acceptors (Lipinski definition) is 2. The predicted octanol–water partition coefficient (Wildman–Crippen LogP) is 4.57. The van der Waals surface area contributed by atoms with Crippen molar-refractivity contribution < 1.29 is 4.74 Å². The maximum absolute atomic E-state index is 5.46. The summed E-state index contributed by atoms with van der Waals surface area (Å²) < 4.78 is 5.46. The molecule has 1 aromatic carbocycles. The Bertz CT molecular complexity index is 409. The lowest BCUT2D eigenvalue weighted by Crippen LogP contribution is -2.46. The Labute approximate surface area is 130 Å². The van der Waals surface area contributed by atoms with Crippen LogP contribution in [0.4, 0.5) is 0 Å². The van der Waals surface area contributed by atoms with Gasteiger partial charge >= 0.3 is 0 Å². The van der Waals surface area contributed by atoms with E-state index in [9.17, 15) is 0 Å². The van der Waals surface area contributed by atoms with Crippen LogP contribution in [0.3, 0.4) is 0 Å². The normalized spacial score (nSPS) is 24.8. The first-order valence-corrected chi connectivity index (χ1v) is 8.32. The highest BCUT2D eigenvalue weighted by Gasteiger charge is 2.35. The molecule has 118 valence electrons. The first-order chi connectivity index (χ1) is 10.0. The summed E-state index contributed by atoms with van der Waals surface area (Å²) >= 11 is 0. The first kappa shape index (κ1) is 16.5. The zero-order valence-corrected chi connectivity index (χ0v) is 14.1. The fourth-order valence-electron chi connectivity index (χ4n) is 3.72. The van der Waals surface area contributed by atoms with E-state index in [1.165, 1.54) is 31.2 Å². The Morgan fingerprint density at radius 1 is 1.14 bits per heavy atom. The summed E-state index contributed by atoms with van der Waals surface area (Å²) in [5, 5.41) is 3.90. The molecular weight excluding hydrogens is 258 g/mol. The third kappa shape index (κ3) is 4.55. The van der Waals surface area contributed by atoms with E-state index in [0.29, 0.717) is 17.5 Å². The molecule has 1 fully saturated rings. The number of nitrogens with one attached hydrogen (secondary N) is 1. The van der Waals surface area contributed by atoms with Gasteiger partial charge in [-0.2, -0.15) is 0 Å². The van der Waals surface area contributed by atoms with Gasteiger partial charge in [-0.25, -0.2) is 0 Å². The molecule has 2 nitrogen and oxygen atoms in total. The Kier molecular flexibility index (Phi) is 5.83. The largest absolute Gasteiger partial charge is 0.383 e. The van der Waals surface area contributed by atoms with E-state index in [1.54, 1.807) is 7.11 Å². The van der Waals surface area contributed by atoms with E-state index < -0.39 is 0 Å². The molecule has 1 aliphatic carbocycles. The van der Waals surface area contributed by atoms with Gasteiger partial charge in [0.05, 0.1) is 12.6 Å². The molecule has 0 amide bonds. The van der Waals surface area contributed by atoms with Crippen molar-refractivity contribution in [2.45, 2.75) is 58.5 Å². The van der Waals surface area contributed by atoms with E-state index in [1.807, 2.05) is 0 Å². The second-order valence-electron chi connectivity index (χ2n) is 7.45. The highest BCUT2D eigenvalue weighted by molar-refractivity contribution is 5.19. The van der Waals surface area contributed by atoms with Gasteiger partial charge in [0, 0.05) is 13.2 Å². The third-order valence-corrected chi connectivity index (χ3v) is 4.83. The van der Waals surface area contributed by atoms with Crippen LogP contribution >= 0.6 is 0 Å². The molecule has 1 aromatic rings. The molecule has 0 radical (unpaired) electrons. The summed E-state index contributed by atoms with van der Waals surface area (Å²) in [5.74, 6) is 0.745. The minimum atomic E-state index is 0.296. The van der Waals surface area contributed by atoms with E-state index in [2.05, 4.69) is 56.4 Å². The summed E-state index contributed by atoms with van der Waals surface area (Å²) in [5.41, 5.74) is 1.70. The van der Waals surface area contributed by atoms with Crippen molar-refractivity contribution in [3.8, 4) is 0 Å². The zero-order valence-electron chi connectivity index (χ0n) is 14.1. The molecule has 2 rings (SSSR count). The van der Waals surface area contributed by atoms with Gasteiger partial charge in [0.25, 0.3) is 0 Å². The lowest BCUT2D eigenvalue weighted by atomic mass is 9.69. The molecule has 0 aliphatic heterocycles. The number of benzene rings is 1. The van der Waals surface area contributed by atoms with Crippen molar-refractivity contribution in [2.75, 3.05) is 13.7 Å². The zero-order chi connectivity index (χ0) is 15.3. The van der Waals surface area contributed by atoms with Crippen LogP contribution < -0.4 is 5.32 Å². The highest BCUT2D eigenvalue weighted by Crippen LogP contribution is 2.38. The molecule has 3 unspecified atom stereocenters. The summed E-state index contributed by atoms with van der Waals surface area (Å²) in [7, 11) is 1.79. The molecule has 3 atom stereocenters. The maximum atomic E-state index is 5.46. The first-order valence-electron chi connectivity index (χ1n) is 8.32. The Balaban J connectivity index is 2.11. The number of hydrogen-bond donors (Lipinski definition) is 1. The average molecular weight is 289 g/mol. The van der Waals surface area contributed by atoms with Gasteiger partial charge in [0.15, 0.2) is 0 Å². The number of ether oxygens (including phenoxy) is 1. The lowest BCUT2D eigenvalue weighted by molar-refractivity contribution is 0.100. The lowest BCUT2D eigenvalue weighted by Gasteiger charge is -2.42. The smallest absolute Gasteiger partial charge is 0.0657 e. The summed E-state index contributed by atoms with van der Waals surface area (Å²) in [6.07, 6.45) is 5.35. The molecular formula is C19H31NO. The standard InChI is InChI=1S/C19H31NO/c1-19(2,3)16-12-8-9-13-17(16)20-18(14-21-4)15-10-6-5-7-11-15/h5-7,10-11,16-18,20H,8-9,12-14H2,1-4H3. The van der Waals surface area contributed by atoms with Crippen LogP contribution in [0, 0.1) is 11.3 Å². The van der Waals surface area contributed by atoms with Gasteiger partial charge in [-0.05, 0) is 29.7 Å². The van der Waals surface area contributed by atoms with Crippen molar-refractivity contribution >= 4 is 0 Å². The van der Waals surface area contributed by atoms with E-state index in [0.717, 1.165) is 12.5 Å². The molecule has 1 saturated carbocycles. The van der Waals surface area contributed by atoms with Gasteiger partial charge < -0.3 is 10.1 Å². The topological polar surface area (TPSA) is 21.3 Å². The Morgan fingerprint density at radius 3 is 2.43 bits per heavy atom. The molecule has 1 N–H and O–H groups in total. The van der Waals surface area contributed by atoms with Crippen LogP contribution in [0.25, 0.3) is 0 Å². The molecule has 2 heteroatoms. The second-order valence-corrected chi connectivity index (χ2v) is 7.45. The highest BCUT2D eigenvalue weighted by atomic mass is 16.5. The van der Waals surface area contributed by atoms with E-state index in [4.69, 9.17) is 4.74 Å². The van der Waals surface area contributed by atoms with Crippen LogP contribution in [0.15, 0.2) is 30.3 Å². The van der Waals surface area contributed by atoms with Crippen molar-refractivity contribution in [1.29, 1.82) is 0 Å². The van der Waals surface area contributed by atoms with Gasteiger partial charge in [0.1, 0.15) is 0 Å². The van der Waals surface area contributed by atoms with Gasteiger partial charge in [-0.1, -0.05) is 63.9 Å². The molecule has 0 aromatic heterocycles. The Morgan fingerprint density at radius 2 is 1.81 bits per heavy atom. The fourth-order valence-corrected chi connectivity index (χ4v) is 3.72. The van der Waals surface area contributed by atoms with Crippen LogP contribution in [0.1, 0.15) is 58.1 Å². The molecule has 0 spiro atoms. The van der Waals surface area contributed by atoms with Crippen molar-refractivity contribution in [3.05, 3.63) is 35.9 Å². The van der Waals surface area contributed by atoms with Gasteiger partial charge in [0.2, 0.25) is 0 Å². The summed E-state index contributed by atoms with van der Waals surface area (Å²) in [4.78, 5) is 0. The quantitative estimate of drug-likeness (QED) is 0.857. The van der Waals surface area contributed by atoms with Crippen LogP contribution in [-0.2, 0) is 4.74 Å². The monoisotopic (exact) mass is 289 g/mol. The molecule has 0 heterocycles. The molecule has 0 bridgehead atoms. The summed E-state index contributed by atoms with van der Waals surface area (Å²) in [6, 6.07) is 11.6. The van der Waals surface area contributed by atoms with Crippen molar-refractivity contribution in [1.82, 2.24) is 5.32 Å². The van der Waals surface area contributed by atoms with Gasteiger partial charge in [-0.15, -0.1) is 0 Å². The predicted molar refractivity (Wildman–Crippen MR) is 89.4 cm³/mol. The number of rotatable bonds is 5. The minimum Gasteiger partial charge on any atom is -0.383 e. The fraction of sp³-hybridized carbons (Fsp3) is 0.684. The summed E-state index contributed by atoms with van der Waals surface area (Å²) in [6.45, 7) is 7.87. The molecule has 1 aliphatic rings. The van der Waals surface area contributed by atoms with Crippen molar-refractivity contribution in [2.24, 2.45) is 11.3 Å². The van der Waals surface area contributed by atoms with Crippen molar-refractivity contribution in [3.63, 3.8) is 0 Å². The van der Waals surface area contributed by atoms with Gasteiger partial charge in [-0.3, -0.25) is 0 Å². The molecule has 21 heavy (non-hydrogen) atoms. The van der Waals surface area contributed by atoms with E-state index >= 15 is 0 Å². The average Bonchev–Trinajstić information content (AvgIpc) is 2.47. The van der Waals surface area contributed by atoms with Crippen LogP contribution in [0.2, 0.25) is 0 Å². The van der Waals surface area contributed by atoms with Crippen LogP contribution in [0.5, 0.6) is 0 Å². The third-order valence-electron chi connectivity index (χ3n) is 4.83. The second kappa shape index (κ2) is 7.42. The van der Waals surface area contributed by atoms with E-state index in [-0.39, 0.29) is 0 Å². The number of methoxy groups -OCH3 is 1. The van der Waals surface area contributed by atoms with Crippen LogP contribution in [-0.4, -0.2) is 19.8 Å². The maximum Gasteiger partial charge on any atom is 0.0657 e.